The first-order valence-corrected chi connectivity index (χ1v) is 7.45. The Hall–Kier alpha value is -2.12. The van der Waals surface area contributed by atoms with Gasteiger partial charge in [0.05, 0.1) is 12.2 Å². The van der Waals surface area contributed by atoms with Crippen LogP contribution in [-0.4, -0.2) is 45.8 Å². The predicted octanol–water partition coefficient (Wildman–Crippen LogP) is 1.62. The number of rotatable bonds is 6. The van der Waals surface area contributed by atoms with E-state index in [0.29, 0.717) is 25.6 Å². The summed E-state index contributed by atoms with van der Waals surface area (Å²) in [6, 6.07) is 2.71. The van der Waals surface area contributed by atoms with Crippen molar-refractivity contribution >= 4 is 35.9 Å². The molecule has 8 nitrogen and oxygen atoms in total. The molecule has 0 aromatic carbocycles. The summed E-state index contributed by atoms with van der Waals surface area (Å²) in [5, 5.41) is 12.9. The minimum absolute atomic E-state index is 0. The monoisotopic (exact) mass is 484 g/mol. The van der Waals surface area contributed by atoms with Crippen molar-refractivity contribution in [2.45, 2.75) is 12.7 Å². The summed E-state index contributed by atoms with van der Waals surface area (Å²) in [6.07, 6.45) is -1.72. The van der Waals surface area contributed by atoms with E-state index in [-0.39, 0.29) is 29.9 Å². The fraction of sp³-hybridized carbons (Fsp3) is 0.429. The third-order valence-electron chi connectivity index (χ3n) is 3.23. The third kappa shape index (κ3) is 6.65. The molecule has 0 unspecified atom stereocenters. The Bertz CT molecular complexity index is 716. The average molecular weight is 484 g/mol. The Balaban J connectivity index is 0.00000338. The summed E-state index contributed by atoms with van der Waals surface area (Å²) < 4.78 is 39.5. The van der Waals surface area contributed by atoms with Crippen LogP contribution in [0.2, 0.25) is 0 Å². The van der Waals surface area contributed by atoms with E-state index in [1.807, 2.05) is 13.1 Å². The van der Waals surface area contributed by atoms with E-state index >= 15 is 0 Å². The Morgan fingerprint density at radius 3 is 2.58 bits per heavy atom. The van der Waals surface area contributed by atoms with Crippen LogP contribution in [0.25, 0.3) is 0 Å². The van der Waals surface area contributed by atoms with Crippen LogP contribution in [0.5, 0.6) is 0 Å². The SMILES string of the molecule is CN=C(NCCNc1nccc(C(F)(F)F)n1)NCc1ccnn1C.I. The number of halogens is 4. The highest BCUT2D eigenvalue weighted by molar-refractivity contribution is 14.0. The lowest BCUT2D eigenvalue weighted by molar-refractivity contribution is -0.141. The largest absolute Gasteiger partial charge is 0.433 e. The van der Waals surface area contributed by atoms with Gasteiger partial charge in [-0.15, -0.1) is 24.0 Å². The molecule has 0 amide bonds. The van der Waals surface area contributed by atoms with E-state index in [1.165, 1.54) is 0 Å². The fourth-order valence-electron chi connectivity index (χ4n) is 1.93. The average Bonchev–Trinajstić information content (AvgIpc) is 2.99. The van der Waals surface area contributed by atoms with Gasteiger partial charge in [-0.3, -0.25) is 9.67 Å². The first-order chi connectivity index (χ1) is 11.9. The molecule has 0 spiro atoms. The molecule has 0 bridgehead atoms. The van der Waals surface area contributed by atoms with Crippen LogP contribution in [-0.2, 0) is 19.8 Å². The molecule has 26 heavy (non-hydrogen) atoms. The van der Waals surface area contributed by atoms with Gasteiger partial charge in [0, 0.05) is 39.6 Å². The quantitative estimate of drug-likeness (QED) is 0.250. The van der Waals surface area contributed by atoms with Gasteiger partial charge >= 0.3 is 6.18 Å². The van der Waals surface area contributed by atoms with E-state index in [2.05, 4.69) is 36.0 Å². The second-order valence-electron chi connectivity index (χ2n) is 4.99. The second-order valence-corrected chi connectivity index (χ2v) is 4.99. The van der Waals surface area contributed by atoms with Crippen molar-refractivity contribution in [3.05, 3.63) is 35.9 Å². The number of alkyl halides is 3. The molecule has 2 aromatic rings. The van der Waals surface area contributed by atoms with Gasteiger partial charge in [0.2, 0.25) is 5.95 Å². The van der Waals surface area contributed by atoms with Crippen molar-refractivity contribution in [1.82, 2.24) is 30.4 Å². The zero-order chi connectivity index (χ0) is 18.3. The molecule has 0 aliphatic rings. The number of hydrogen-bond acceptors (Lipinski definition) is 5. The Morgan fingerprint density at radius 1 is 1.19 bits per heavy atom. The Morgan fingerprint density at radius 2 is 1.96 bits per heavy atom. The van der Waals surface area contributed by atoms with Crippen LogP contribution in [0.15, 0.2) is 29.5 Å². The Kier molecular flexibility index (Phi) is 8.54. The van der Waals surface area contributed by atoms with Crippen LogP contribution < -0.4 is 16.0 Å². The number of nitrogens with zero attached hydrogens (tertiary/aromatic N) is 5. The highest BCUT2D eigenvalue weighted by Crippen LogP contribution is 2.27. The minimum Gasteiger partial charge on any atom is -0.355 e. The molecule has 0 aliphatic heterocycles. The summed E-state index contributed by atoms with van der Waals surface area (Å²) in [6.45, 7) is 1.29. The molecule has 2 aromatic heterocycles. The van der Waals surface area contributed by atoms with Gasteiger partial charge < -0.3 is 16.0 Å². The first-order valence-electron chi connectivity index (χ1n) is 7.45. The summed E-state index contributed by atoms with van der Waals surface area (Å²) >= 11 is 0. The lowest BCUT2D eigenvalue weighted by Crippen LogP contribution is -2.39. The molecule has 12 heteroatoms. The van der Waals surface area contributed by atoms with Crippen LogP contribution >= 0.6 is 24.0 Å². The number of anilines is 1. The molecule has 0 atom stereocenters. The van der Waals surface area contributed by atoms with Crippen molar-refractivity contribution in [3.63, 3.8) is 0 Å². The van der Waals surface area contributed by atoms with Gasteiger partial charge in [-0.25, -0.2) is 9.97 Å². The number of hydrogen-bond donors (Lipinski definition) is 3. The van der Waals surface area contributed by atoms with Gasteiger partial charge in [-0.2, -0.15) is 18.3 Å². The van der Waals surface area contributed by atoms with Crippen molar-refractivity contribution in [2.24, 2.45) is 12.0 Å². The number of aromatic nitrogens is 4. The molecule has 0 aliphatic carbocycles. The minimum atomic E-state index is -4.49. The molecule has 3 N–H and O–H groups in total. The maximum absolute atomic E-state index is 12.6. The highest BCUT2D eigenvalue weighted by atomic mass is 127. The van der Waals surface area contributed by atoms with Crippen LogP contribution in [0.1, 0.15) is 11.4 Å². The van der Waals surface area contributed by atoms with E-state index in [1.54, 1.807) is 17.9 Å². The lowest BCUT2D eigenvalue weighted by Gasteiger charge is -2.13. The molecule has 0 saturated carbocycles. The summed E-state index contributed by atoms with van der Waals surface area (Å²) in [4.78, 5) is 11.3. The molecule has 0 radical (unpaired) electrons. The Labute approximate surface area is 165 Å². The predicted molar refractivity (Wildman–Crippen MR) is 102 cm³/mol. The fourth-order valence-corrected chi connectivity index (χ4v) is 1.93. The molecule has 2 rings (SSSR count). The molecule has 144 valence electrons. The lowest BCUT2D eigenvalue weighted by atomic mass is 10.4. The van der Waals surface area contributed by atoms with E-state index < -0.39 is 11.9 Å². The molecule has 0 saturated heterocycles. The zero-order valence-corrected chi connectivity index (χ0v) is 16.5. The maximum atomic E-state index is 12.6. The smallest absolute Gasteiger partial charge is 0.355 e. The number of aryl methyl sites for hydroxylation is 1. The molecule has 0 fully saturated rings. The maximum Gasteiger partial charge on any atom is 0.433 e. The molecule has 2 heterocycles. The molecular formula is C14H20F3IN8. The number of guanidine groups is 1. The second kappa shape index (κ2) is 10.1. The van der Waals surface area contributed by atoms with Crippen molar-refractivity contribution < 1.29 is 13.2 Å². The van der Waals surface area contributed by atoms with Crippen LogP contribution in [0, 0.1) is 0 Å². The van der Waals surface area contributed by atoms with Crippen molar-refractivity contribution in [2.75, 3.05) is 25.5 Å². The van der Waals surface area contributed by atoms with Gasteiger partial charge in [0.25, 0.3) is 0 Å². The van der Waals surface area contributed by atoms with Gasteiger partial charge in [0.1, 0.15) is 5.69 Å². The molecular weight excluding hydrogens is 464 g/mol. The summed E-state index contributed by atoms with van der Waals surface area (Å²) in [5.74, 6) is 0.488. The van der Waals surface area contributed by atoms with Gasteiger partial charge in [0.15, 0.2) is 5.96 Å². The van der Waals surface area contributed by atoms with Crippen molar-refractivity contribution in [1.29, 1.82) is 0 Å². The normalized spacial score (nSPS) is 11.7. The zero-order valence-electron chi connectivity index (χ0n) is 14.2. The summed E-state index contributed by atoms with van der Waals surface area (Å²) in [5.41, 5.74) is 0.00468. The van der Waals surface area contributed by atoms with E-state index in [4.69, 9.17) is 0 Å². The van der Waals surface area contributed by atoms with E-state index in [0.717, 1.165) is 18.0 Å². The van der Waals surface area contributed by atoms with Crippen molar-refractivity contribution in [3.8, 4) is 0 Å². The summed E-state index contributed by atoms with van der Waals surface area (Å²) in [7, 11) is 3.47. The van der Waals surface area contributed by atoms with Gasteiger partial charge in [-0.1, -0.05) is 0 Å². The highest BCUT2D eigenvalue weighted by Gasteiger charge is 2.32. The number of aliphatic imine (C=N–C) groups is 1. The third-order valence-corrected chi connectivity index (χ3v) is 3.23. The topological polar surface area (TPSA) is 92.1 Å². The van der Waals surface area contributed by atoms with Crippen LogP contribution in [0.4, 0.5) is 19.1 Å². The standard InChI is InChI=1S/C14H19F3N8.HI/c1-18-12(22-9-10-3-6-23-25(10)2)20-7-8-21-13-19-5-4-11(24-13)14(15,16)17;/h3-6H,7-9H2,1-2H3,(H2,18,20,22)(H,19,21,24);1H. The van der Waals surface area contributed by atoms with E-state index in [9.17, 15) is 13.2 Å². The first kappa shape index (κ1) is 21.9. The number of nitrogens with one attached hydrogen (secondary N) is 3. The van der Waals surface area contributed by atoms with Crippen LogP contribution in [0.3, 0.4) is 0 Å². The van der Waals surface area contributed by atoms with Gasteiger partial charge in [-0.05, 0) is 12.1 Å².